The Kier molecular flexibility index (Phi) is 5.22. The predicted molar refractivity (Wildman–Crippen MR) is 87.1 cm³/mol. The van der Waals surface area contributed by atoms with E-state index in [1.807, 2.05) is 0 Å². The third kappa shape index (κ3) is 3.07. The van der Waals surface area contributed by atoms with Crippen molar-refractivity contribution in [3.8, 4) is 0 Å². The number of hydrogen-bond acceptors (Lipinski definition) is 2. The fraction of sp³-hybridized carbons (Fsp3) is 0.667. The summed E-state index contributed by atoms with van der Waals surface area (Å²) in [5, 5.41) is 3.41. The second-order valence-electron chi connectivity index (χ2n) is 6.54. The van der Waals surface area contributed by atoms with Crippen LogP contribution < -0.4 is 5.32 Å². The first kappa shape index (κ1) is 15.5. The van der Waals surface area contributed by atoms with Gasteiger partial charge in [-0.15, -0.1) is 0 Å². The third-order valence-corrected chi connectivity index (χ3v) is 4.76. The minimum atomic E-state index is 0.567. The minimum absolute atomic E-state index is 0.567. The maximum atomic E-state index is 3.41. The van der Waals surface area contributed by atoms with E-state index in [0.29, 0.717) is 12.1 Å². The van der Waals surface area contributed by atoms with Crippen LogP contribution in [-0.4, -0.2) is 31.1 Å². The van der Waals surface area contributed by atoms with Gasteiger partial charge in [0.1, 0.15) is 0 Å². The fourth-order valence-corrected chi connectivity index (χ4v) is 3.85. The zero-order valence-electron chi connectivity index (χ0n) is 13.7. The summed E-state index contributed by atoms with van der Waals surface area (Å²) < 4.78 is 0. The maximum absolute atomic E-state index is 3.41. The minimum Gasteiger partial charge on any atom is -0.319 e. The van der Waals surface area contributed by atoms with Gasteiger partial charge in [-0.1, -0.05) is 18.2 Å². The van der Waals surface area contributed by atoms with Crippen molar-refractivity contribution < 1.29 is 0 Å². The molecule has 2 nitrogen and oxygen atoms in total. The van der Waals surface area contributed by atoms with Crippen molar-refractivity contribution in [3.05, 3.63) is 34.9 Å². The lowest BCUT2D eigenvalue weighted by Crippen LogP contribution is -2.45. The van der Waals surface area contributed by atoms with Crippen LogP contribution in [0.25, 0.3) is 0 Å². The Balaban J connectivity index is 2.43. The molecule has 0 saturated carbocycles. The molecule has 1 heterocycles. The molecule has 1 aromatic carbocycles. The van der Waals surface area contributed by atoms with Gasteiger partial charge in [0.25, 0.3) is 0 Å². The van der Waals surface area contributed by atoms with E-state index in [4.69, 9.17) is 0 Å². The van der Waals surface area contributed by atoms with Crippen molar-refractivity contribution in [2.75, 3.05) is 20.1 Å². The Morgan fingerprint density at radius 3 is 2.45 bits per heavy atom. The molecule has 2 heteroatoms. The van der Waals surface area contributed by atoms with Crippen LogP contribution in [0.4, 0.5) is 0 Å². The number of aryl methyl sites for hydroxylation is 2. The summed E-state index contributed by atoms with van der Waals surface area (Å²) >= 11 is 0. The first-order valence-electron chi connectivity index (χ1n) is 8.02. The van der Waals surface area contributed by atoms with Crippen molar-refractivity contribution in [2.45, 2.75) is 52.6 Å². The largest absolute Gasteiger partial charge is 0.319 e. The van der Waals surface area contributed by atoms with Crippen molar-refractivity contribution >= 4 is 0 Å². The first-order valence-corrected chi connectivity index (χ1v) is 8.02. The molecule has 0 aromatic heterocycles. The Hall–Kier alpha value is -0.860. The lowest BCUT2D eigenvalue weighted by atomic mass is 9.80. The molecule has 1 aliphatic heterocycles. The molecule has 0 aliphatic carbocycles. The van der Waals surface area contributed by atoms with Crippen LogP contribution in [0.2, 0.25) is 0 Å². The normalized spacial score (nSPS) is 24.3. The molecule has 0 spiro atoms. The predicted octanol–water partition coefficient (Wildman–Crippen LogP) is 3.68. The summed E-state index contributed by atoms with van der Waals surface area (Å²) in [4.78, 5) is 2.71. The molecule has 1 N–H and O–H groups in total. The van der Waals surface area contributed by atoms with Crippen LogP contribution in [0.3, 0.4) is 0 Å². The van der Waals surface area contributed by atoms with Crippen molar-refractivity contribution in [1.29, 1.82) is 0 Å². The molecular weight excluding hydrogens is 244 g/mol. The molecule has 0 bridgehead atoms. The second kappa shape index (κ2) is 6.73. The van der Waals surface area contributed by atoms with Gasteiger partial charge in [-0.2, -0.15) is 0 Å². The molecule has 112 valence electrons. The molecule has 20 heavy (non-hydrogen) atoms. The molecule has 2 atom stereocenters. The van der Waals surface area contributed by atoms with Gasteiger partial charge in [0, 0.05) is 12.1 Å². The molecular formula is C18H30N2. The Morgan fingerprint density at radius 1 is 1.25 bits per heavy atom. The number of benzene rings is 1. The summed E-state index contributed by atoms with van der Waals surface area (Å²) in [6.07, 6.45) is 2.66. The number of likely N-dealkylation sites (tertiary alicyclic amines) is 1. The molecule has 2 unspecified atom stereocenters. The van der Waals surface area contributed by atoms with E-state index < -0.39 is 0 Å². The van der Waals surface area contributed by atoms with E-state index in [-0.39, 0.29) is 0 Å². The van der Waals surface area contributed by atoms with E-state index in [9.17, 15) is 0 Å². The van der Waals surface area contributed by atoms with Crippen LogP contribution in [0, 0.1) is 19.8 Å². The average Bonchev–Trinajstić information content (AvgIpc) is 2.40. The van der Waals surface area contributed by atoms with Gasteiger partial charge >= 0.3 is 0 Å². The molecule has 1 saturated heterocycles. The molecule has 2 rings (SSSR count). The average molecular weight is 274 g/mol. The maximum Gasteiger partial charge on any atom is 0.0396 e. The number of nitrogens with one attached hydrogen (secondary N) is 1. The summed E-state index contributed by atoms with van der Waals surface area (Å²) in [7, 11) is 2.08. The summed E-state index contributed by atoms with van der Waals surface area (Å²) in [5.41, 5.74) is 4.47. The van der Waals surface area contributed by atoms with Crippen molar-refractivity contribution in [3.63, 3.8) is 0 Å². The van der Waals surface area contributed by atoms with Gasteiger partial charge in [0.15, 0.2) is 0 Å². The van der Waals surface area contributed by atoms with Crippen LogP contribution in [0.15, 0.2) is 18.2 Å². The number of rotatable bonds is 4. The quantitative estimate of drug-likeness (QED) is 0.901. The highest BCUT2D eigenvalue weighted by atomic mass is 15.2. The molecule has 0 radical (unpaired) electrons. The van der Waals surface area contributed by atoms with E-state index in [1.165, 1.54) is 30.5 Å². The van der Waals surface area contributed by atoms with E-state index in [0.717, 1.165) is 12.5 Å². The highest BCUT2D eigenvalue weighted by Crippen LogP contribution is 2.39. The lowest BCUT2D eigenvalue weighted by Gasteiger charge is -2.45. The van der Waals surface area contributed by atoms with Crippen LogP contribution in [0.1, 0.15) is 49.4 Å². The van der Waals surface area contributed by atoms with Crippen LogP contribution in [-0.2, 0) is 0 Å². The zero-order chi connectivity index (χ0) is 14.7. The van der Waals surface area contributed by atoms with Gasteiger partial charge in [-0.3, -0.25) is 4.90 Å². The molecule has 1 fully saturated rings. The number of nitrogens with zero attached hydrogens (tertiary/aromatic N) is 1. The summed E-state index contributed by atoms with van der Waals surface area (Å²) in [5.74, 6) is 0.718. The second-order valence-corrected chi connectivity index (χ2v) is 6.54. The number of piperidine rings is 1. The Labute approximate surface area is 124 Å². The van der Waals surface area contributed by atoms with E-state index in [2.05, 4.69) is 63.2 Å². The van der Waals surface area contributed by atoms with Gasteiger partial charge in [-0.05, 0) is 83.3 Å². The summed E-state index contributed by atoms with van der Waals surface area (Å²) in [6.45, 7) is 11.6. The van der Waals surface area contributed by atoms with Crippen LogP contribution in [0.5, 0.6) is 0 Å². The first-order chi connectivity index (χ1) is 9.56. The lowest BCUT2D eigenvalue weighted by molar-refractivity contribution is 0.0628. The van der Waals surface area contributed by atoms with Gasteiger partial charge in [0.05, 0.1) is 0 Å². The monoisotopic (exact) mass is 274 g/mol. The third-order valence-electron chi connectivity index (χ3n) is 4.76. The zero-order valence-corrected chi connectivity index (χ0v) is 13.7. The highest BCUT2D eigenvalue weighted by Gasteiger charge is 2.34. The number of hydrogen-bond donors (Lipinski definition) is 1. The smallest absolute Gasteiger partial charge is 0.0396 e. The van der Waals surface area contributed by atoms with E-state index >= 15 is 0 Å². The fourth-order valence-electron chi connectivity index (χ4n) is 3.85. The Morgan fingerprint density at radius 2 is 1.90 bits per heavy atom. The molecule has 1 aromatic rings. The molecule has 1 aliphatic rings. The van der Waals surface area contributed by atoms with Gasteiger partial charge < -0.3 is 5.32 Å². The standard InChI is InChI=1S/C18H30N2/c1-13(2)20-11-7-10-16(12-19-5)18(20)17-14(3)8-6-9-15(17)4/h6,8-9,13,16,18-19H,7,10-12H2,1-5H3. The topological polar surface area (TPSA) is 15.3 Å². The highest BCUT2D eigenvalue weighted by molar-refractivity contribution is 5.37. The van der Waals surface area contributed by atoms with E-state index in [1.54, 1.807) is 5.56 Å². The van der Waals surface area contributed by atoms with Gasteiger partial charge in [-0.25, -0.2) is 0 Å². The van der Waals surface area contributed by atoms with Crippen LogP contribution >= 0.6 is 0 Å². The van der Waals surface area contributed by atoms with Crippen molar-refractivity contribution in [2.24, 2.45) is 5.92 Å². The van der Waals surface area contributed by atoms with Gasteiger partial charge in [0.2, 0.25) is 0 Å². The molecule has 0 amide bonds. The van der Waals surface area contributed by atoms with Crippen molar-refractivity contribution in [1.82, 2.24) is 10.2 Å². The summed E-state index contributed by atoms with van der Waals surface area (Å²) in [6, 6.07) is 7.90. The SMILES string of the molecule is CNCC1CCCN(C(C)C)C1c1c(C)cccc1C. The Bertz CT molecular complexity index is 417.